The molecule has 1 aliphatic carbocycles. The van der Waals surface area contributed by atoms with Gasteiger partial charge in [-0.2, -0.15) is 5.26 Å². The SMILES string of the molecule is Cn1c([C@H]2CC[C@@H](Nc3ncc(C#N)cn3)C2)nc2cc(N)ccc21. The lowest BCUT2D eigenvalue weighted by Crippen LogP contribution is -2.17. The van der Waals surface area contributed by atoms with Crippen LogP contribution in [0.1, 0.15) is 36.6 Å². The number of nitrogen functional groups attached to an aromatic ring is 1. The Morgan fingerprint density at radius 2 is 2.08 bits per heavy atom. The normalized spacial score (nSPS) is 19.8. The van der Waals surface area contributed by atoms with E-state index in [1.165, 1.54) is 12.4 Å². The summed E-state index contributed by atoms with van der Waals surface area (Å²) in [4.78, 5) is 13.2. The summed E-state index contributed by atoms with van der Waals surface area (Å²) in [6, 6.07) is 8.20. The van der Waals surface area contributed by atoms with E-state index in [9.17, 15) is 0 Å². The van der Waals surface area contributed by atoms with Crippen LogP contribution in [-0.4, -0.2) is 25.6 Å². The van der Waals surface area contributed by atoms with E-state index in [1.807, 2.05) is 24.3 Å². The number of hydrogen-bond donors (Lipinski definition) is 2. The molecule has 2 heterocycles. The van der Waals surface area contributed by atoms with E-state index in [4.69, 9.17) is 16.0 Å². The average molecular weight is 333 g/mol. The standard InChI is InChI=1S/C18H19N7/c1-25-16-5-3-13(20)7-15(16)24-17(25)12-2-4-14(6-12)23-18-21-9-11(8-19)10-22-18/h3,5,7,9-10,12,14H,2,4,6,20H2,1H3,(H,21,22,23)/t12-,14+/m0/s1. The Morgan fingerprint density at radius 1 is 1.28 bits per heavy atom. The molecule has 0 spiro atoms. The zero-order chi connectivity index (χ0) is 17.4. The van der Waals surface area contributed by atoms with Crippen LogP contribution in [0.15, 0.2) is 30.6 Å². The third kappa shape index (κ3) is 2.87. The first-order valence-corrected chi connectivity index (χ1v) is 8.34. The quantitative estimate of drug-likeness (QED) is 0.714. The molecule has 4 rings (SSSR count). The maximum absolute atomic E-state index is 8.81. The van der Waals surface area contributed by atoms with Crippen molar-refractivity contribution >= 4 is 22.7 Å². The summed E-state index contributed by atoms with van der Waals surface area (Å²) in [5.74, 6) is 2.07. The van der Waals surface area contributed by atoms with Gasteiger partial charge >= 0.3 is 0 Å². The predicted octanol–water partition coefficient (Wildman–Crippen LogP) is 2.57. The summed E-state index contributed by atoms with van der Waals surface area (Å²) in [5.41, 5.74) is 9.13. The van der Waals surface area contributed by atoms with E-state index < -0.39 is 0 Å². The van der Waals surface area contributed by atoms with E-state index >= 15 is 0 Å². The second-order valence-corrected chi connectivity index (χ2v) is 6.54. The molecule has 0 bridgehead atoms. The Hall–Kier alpha value is -3.14. The van der Waals surface area contributed by atoms with Crippen LogP contribution in [0.2, 0.25) is 0 Å². The average Bonchev–Trinajstić information content (AvgIpc) is 3.20. The van der Waals surface area contributed by atoms with Crippen molar-refractivity contribution in [2.45, 2.75) is 31.2 Å². The van der Waals surface area contributed by atoms with Gasteiger partial charge in [0, 0.05) is 24.7 Å². The molecule has 7 nitrogen and oxygen atoms in total. The molecule has 2 aromatic heterocycles. The summed E-state index contributed by atoms with van der Waals surface area (Å²) in [6.45, 7) is 0. The highest BCUT2D eigenvalue weighted by Crippen LogP contribution is 2.36. The number of nitrogens with zero attached hydrogens (tertiary/aromatic N) is 5. The molecule has 0 amide bonds. The molecular weight excluding hydrogens is 314 g/mol. The largest absolute Gasteiger partial charge is 0.399 e. The van der Waals surface area contributed by atoms with E-state index in [2.05, 4.69) is 26.9 Å². The van der Waals surface area contributed by atoms with Crippen molar-refractivity contribution in [1.82, 2.24) is 19.5 Å². The fourth-order valence-electron chi connectivity index (χ4n) is 3.59. The lowest BCUT2D eigenvalue weighted by molar-refractivity contribution is 0.629. The smallest absolute Gasteiger partial charge is 0.222 e. The first-order valence-electron chi connectivity index (χ1n) is 8.34. The molecule has 0 radical (unpaired) electrons. The lowest BCUT2D eigenvalue weighted by Gasteiger charge is -2.13. The zero-order valence-corrected chi connectivity index (χ0v) is 14.0. The summed E-state index contributed by atoms with van der Waals surface area (Å²) in [6.07, 6.45) is 6.17. The number of imidazole rings is 1. The Bertz CT molecular complexity index is 952. The number of aryl methyl sites for hydroxylation is 1. The van der Waals surface area contributed by atoms with E-state index in [-0.39, 0.29) is 0 Å². The third-order valence-corrected chi connectivity index (χ3v) is 4.85. The third-order valence-electron chi connectivity index (χ3n) is 4.85. The van der Waals surface area contributed by atoms with Crippen molar-refractivity contribution in [3.05, 3.63) is 42.0 Å². The molecule has 7 heteroatoms. The molecular formula is C18H19N7. The highest BCUT2D eigenvalue weighted by Gasteiger charge is 2.29. The van der Waals surface area contributed by atoms with Gasteiger partial charge in [-0.15, -0.1) is 0 Å². The van der Waals surface area contributed by atoms with Crippen LogP contribution in [0.25, 0.3) is 11.0 Å². The van der Waals surface area contributed by atoms with Crippen molar-refractivity contribution in [1.29, 1.82) is 5.26 Å². The van der Waals surface area contributed by atoms with Gasteiger partial charge in [-0.1, -0.05) is 0 Å². The van der Waals surface area contributed by atoms with Crippen molar-refractivity contribution in [2.75, 3.05) is 11.1 Å². The minimum Gasteiger partial charge on any atom is -0.399 e. The molecule has 25 heavy (non-hydrogen) atoms. The molecule has 1 fully saturated rings. The maximum atomic E-state index is 8.81. The summed E-state index contributed by atoms with van der Waals surface area (Å²) in [5, 5.41) is 12.2. The summed E-state index contributed by atoms with van der Waals surface area (Å²) in [7, 11) is 2.06. The van der Waals surface area contributed by atoms with Crippen LogP contribution in [0.4, 0.5) is 11.6 Å². The topological polar surface area (TPSA) is 105 Å². The number of fused-ring (bicyclic) bond motifs is 1. The van der Waals surface area contributed by atoms with Gasteiger partial charge in [0.05, 0.1) is 29.0 Å². The van der Waals surface area contributed by atoms with Gasteiger partial charge in [-0.05, 0) is 37.5 Å². The number of rotatable bonds is 3. The van der Waals surface area contributed by atoms with Gasteiger partial charge in [0.2, 0.25) is 5.95 Å². The molecule has 0 saturated heterocycles. The Balaban J connectivity index is 1.50. The van der Waals surface area contributed by atoms with Gasteiger partial charge < -0.3 is 15.6 Å². The van der Waals surface area contributed by atoms with Gasteiger partial charge in [-0.25, -0.2) is 15.0 Å². The van der Waals surface area contributed by atoms with E-state index in [0.29, 0.717) is 23.5 Å². The highest BCUT2D eigenvalue weighted by molar-refractivity contribution is 5.79. The summed E-state index contributed by atoms with van der Waals surface area (Å²) >= 11 is 0. The van der Waals surface area contributed by atoms with E-state index in [1.54, 1.807) is 0 Å². The van der Waals surface area contributed by atoms with Crippen molar-refractivity contribution in [3.8, 4) is 6.07 Å². The number of aromatic nitrogens is 4. The van der Waals surface area contributed by atoms with Crippen molar-refractivity contribution in [3.63, 3.8) is 0 Å². The first kappa shape index (κ1) is 15.4. The minimum atomic E-state index is 0.308. The van der Waals surface area contributed by atoms with Crippen LogP contribution in [0.3, 0.4) is 0 Å². The first-order chi connectivity index (χ1) is 12.1. The van der Waals surface area contributed by atoms with Gasteiger partial charge in [0.15, 0.2) is 0 Å². The number of anilines is 2. The molecule has 1 saturated carbocycles. The number of nitrogens with two attached hydrogens (primary N) is 1. The zero-order valence-electron chi connectivity index (χ0n) is 14.0. The lowest BCUT2D eigenvalue weighted by atomic mass is 10.1. The Morgan fingerprint density at radius 3 is 2.84 bits per heavy atom. The molecule has 1 aliphatic rings. The Kier molecular flexibility index (Phi) is 3.73. The fraction of sp³-hybridized carbons (Fsp3) is 0.333. The molecule has 3 aromatic rings. The number of nitrogens with one attached hydrogen (secondary N) is 1. The number of benzene rings is 1. The molecule has 0 unspecified atom stereocenters. The van der Waals surface area contributed by atoms with Gasteiger partial charge in [0.25, 0.3) is 0 Å². The molecule has 1 aromatic carbocycles. The second-order valence-electron chi connectivity index (χ2n) is 6.54. The molecule has 2 atom stereocenters. The fourth-order valence-corrected chi connectivity index (χ4v) is 3.59. The highest BCUT2D eigenvalue weighted by atomic mass is 15.1. The molecule has 3 N–H and O–H groups in total. The van der Waals surface area contributed by atoms with Gasteiger partial charge in [0.1, 0.15) is 11.9 Å². The maximum Gasteiger partial charge on any atom is 0.222 e. The molecule has 126 valence electrons. The molecule has 0 aliphatic heterocycles. The second kappa shape index (κ2) is 6.06. The van der Waals surface area contributed by atoms with E-state index in [0.717, 1.165) is 41.8 Å². The van der Waals surface area contributed by atoms with Crippen molar-refractivity contribution < 1.29 is 0 Å². The van der Waals surface area contributed by atoms with Gasteiger partial charge in [-0.3, -0.25) is 0 Å². The van der Waals surface area contributed by atoms with Crippen molar-refractivity contribution in [2.24, 2.45) is 7.05 Å². The number of hydrogen-bond acceptors (Lipinski definition) is 6. The number of nitriles is 1. The monoisotopic (exact) mass is 333 g/mol. The summed E-state index contributed by atoms with van der Waals surface area (Å²) < 4.78 is 2.17. The van der Waals surface area contributed by atoms with Crippen LogP contribution in [0, 0.1) is 11.3 Å². The minimum absolute atomic E-state index is 0.308. The van der Waals surface area contributed by atoms with Crippen LogP contribution < -0.4 is 11.1 Å². The van der Waals surface area contributed by atoms with Crippen LogP contribution >= 0.6 is 0 Å². The predicted molar refractivity (Wildman–Crippen MR) is 95.9 cm³/mol. The van der Waals surface area contributed by atoms with Crippen LogP contribution in [0.5, 0.6) is 0 Å². The van der Waals surface area contributed by atoms with Crippen LogP contribution in [-0.2, 0) is 7.05 Å². The Labute approximate surface area is 145 Å².